The maximum absolute atomic E-state index is 13.2. The molecule has 0 saturated carbocycles. The summed E-state index contributed by atoms with van der Waals surface area (Å²) in [5.41, 5.74) is 1.78. The van der Waals surface area contributed by atoms with Crippen LogP contribution in [0.5, 0.6) is 11.5 Å². The molecule has 6 nitrogen and oxygen atoms in total. The van der Waals surface area contributed by atoms with Gasteiger partial charge in [-0.1, -0.05) is 6.07 Å². The van der Waals surface area contributed by atoms with Crippen LogP contribution in [-0.2, 0) is 0 Å². The number of fused-ring (bicyclic) bond motifs is 1. The molecule has 0 bridgehead atoms. The molecule has 0 aliphatic heterocycles. The Bertz CT molecular complexity index is 1150. The lowest BCUT2D eigenvalue weighted by molar-refractivity contribution is 0.0944. The quantitative estimate of drug-likeness (QED) is 0.507. The van der Waals surface area contributed by atoms with Gasteiger partial charge >= 0.3 is 0 Å². The van der Waals surface area contributed by atoms with E-state index in [1.165, 1.54) is 11.3 Å². The molecule has 0 fully saturated rings. The predicted octanol–water partition coefficient (Wildman–Crippen LogP) is 4.60. The van der Waals surface area contributed by atoms with Crippen LogP contribution in [0.25, 0.3) is 15.9 Å². The van der Waals surface area contributed by atoms with Crippen LogP contribution in [0.4, 0.5) is 0 Å². The van der Waals surface area contributed by atoms with Crippen molar-refractivity contribution in [3.63, 3.8) is 0 Å². The molecule has 4 rings (SSSR count). The summed E-state index contributed by atoms with van der Waals surface area (Å²) in [7, 11) is 3.19. The number of benzene rings is 1. The number of amides is 1. The summed E-state index contributed by atoms with van der Waals surface area (Å²) in [4.78, 5) is 19.1. The van der Waals surface area contributed by atoms with E-state index in [-0.39, 0.29) is 11.9 Å². The molecule has 3 heterocycles. The first-order valence-electron chi connectivity index (χ1n) is 9.16. The SMILES string of the molecule is COc1ccc(C(C)NC(=O)c2sc3ncccc3c2-n2cccc2)cc1OC. The molecule has 4 aromatic rings. The zero-order chi connectivity index (χ0) is 20.4. The van der Waals surface area contributed by atoms with Gasteiger partial charge in [0.1, 0.15) is 9.71 Å². The number of aromatic nitrogens is 2. The highest BCUT2D eigenvalue weighted by Crippen LogP contribution is 2.34. The molecular formula is C22H21N3O3S. The average molecular weight is 407 g/mol. The lowest BCUT2D eigenvalue weighted by atomic mass is 10.1. The fourth-order valence-corrected chi connectivity index (χ4v) is 4.33. The van der Waals surface area contributed by atoms with E-state index in [9.17, 15) is 4.79 Å². The summed E-state index contributed by atoms with van der Waals surface area (Å²) >= 11 is 1.39. The van der Waals surface area contributed by atoms with Crippen molar-refractivity contribution in [3.8, 4) is 17.2 Å². The van der Waals surface area contributed by atoms with Crippen molar-refractivity contribution in [3.05, 3.63) is 71.5 Å². The molecule has 0 aliphatic carbocycles. The summed E-state index contributed by atoms with van der Waals surface area (Å²) in [5, 5.41) is 4.05. The van der Waals surface area contributed by atoms with Crippen molar-refractivity contribution in [1.29, 1.82) is 0 Å². The number of pyridine rings is 1. The van der Waals surface area contributed by atoms with E-state index in [4.69, 9.17) is 9.47 Å². The number of ether oxygens (including phenoxy) is 2. The molecule has 7 heteroatoms. The van der Waals surface area contributed by atoms with Gasteiger partial charge in [0.25, 0.3) is 5.91 Å². The molecule has 148 valence electrons. The van der Waals surface area contributed by atoms with E-state index in [1.807, 2.05) is 66.3 Å². The van der Waals surface area contributed by atoms with Crippen molar-refractivity contribution in [1.82, 2.24) is 14.9 Å². The number of nitrogens with zero attached hydrogens (tertiary/aromatic N) is 2. The Labute approximate surface area is 172 Å². The van der Waals surface area contributed by atoms with Crippen LogP contribution < -0.4 is 14.8 Å². The standard InChI is InChI=1S/C22H21N3O3S/c1-14(15-8-9-17(27-2)18(13-15)28-3)24-21(26)20-19(25-11-4-5-12-25)16-7-6-10-23-22(16)29-20/h4-14H,1-3H3,(H,24,26). The van der Waals surface area contributed by atoms with Gasteiger partial charge in [-0.25, -0.2) is 4.98 Å². The van der Waals surface area contributed by atoms with Crippen LogP contribution in [0.15, 0.2) is 61.1 Å². The molecule has 0 aliphatic rings. The van der Waals surface area contributed by atoms with Crippen LogP contribution in [0.2, 0.25) is 0 Å². The number of thiophene rings is 1. The molecule has 1 aromatic carbocycles. The van der Waals surface area contributed by atoms with Crippen molar-refractivity contribution in [2.75, 3.05) is 14.2 Å². The highest BCUT2D eigenvalue weighted by molar-refractivity contribution is 7.21. The van der Waals surface area contributed by atoms with E-state index in [0.717, 1.165) is 21.5 Å². The second-order valence-electron chi connectivity index (χ2n) is 6.54. The molecule has 0 spiro atoms. The Kier molecular flexibility index (Phi) is 5.22. The van der Waals surface area contributed by atoms with Gasteiger partial charge < -0.3 is 19.4 Å². The van der Waals surface area contributed by atoms with Gasteiger partial charge in [0, 0.05) is 24.0 Å². The van der Waals surface area contributed by atoms with Gasteiger partial charge in [0.2, 0.25) is 0 Å². The summed E-state index contributed by atoms with van der Waals surface area (Å²) in [6.45, 7) is 1.94. The number of nitrogens with one attached hydrogen (secondary N) is 1. The van der Waals surface area contributed by atoms with Crippen molar-refractivity contribution < 1.29 is 14.3 Å². The van der Waals surface area contributed by atoms with Gasteiger partial charge in [-0.2, -0.15) is 0 Å². The van der Waals surface area contributed by atoms with Gasteiger partial charge in [-0.15, -0.1) is 11.3 Å². The maximum Gasteiger partial charge on any atom is 0.264 e. The molecule has 3 aromatic heterocycles. The largest absolute Gasteiger partial charge is 0.493 e. The van der Waals surface area contributed by atoms with Gasteiger partial charge in [-0.05, 0) is 48.9 Å². The van der Waals surface area contributed by atoms with Gasteiger partial charge in [-0.3, -0.25) is 4.79 Å². The Morgan fingerprint density at radius 1 is 1.10 bits per heavy atom. The van der Waals surface area contributed by atoms with Crippen LogP contribution >= 0.6 is 11.3 Å². The van der Waals surface area contributed by atoms with Crippen molar-refractivity contribution >= 4 is 27.5 Å². The Morgan fingerprint density at radius 3 is 2.59 bits per heavy atom. The fourth-order valence-electron chi connectivity index (χ4n) is 3.28. The fraction of sp³-hybridized carbons (Fsp3) is 0.182. The van der Waals surface area contributed by atoms with Gasteiger partial charge in [0.15, 0.2) is 11.5 Å². The predicted molar refractivity (Wildman–Crippen MR) is 114 cm³/mol. The Morgan fingerprint density at radius 2 is 1.86 bits per heavy atom. The minimum atomic E-state index is -0.210. The monoisotopic (exact) mass is 407 g/mol. The van der Waals surface area contributed by atoms with E-state index >= 15 is 0 Å². The van der Waals surface area contributed by atoms with E-state index < -0.39 is 0 Å². The zero-order valence-corrected chi connectivity index (χ0v) is 17.2. The number of rotatable bonds is 6. The van der Waals surface area contributed by atoms with Crippen molar-refractivity contribution in [2.45, 2.75) is 13.0 Å². The zero-order valence-electron chi connectivity index (χ0n) is 16.4. The highest BCUT2D eigenvalue weighted by atomic mass is 32.1. The van der Waals surface area contributed by atoms with Crippen LogP contribution in [0.1, 0.15) is 28.2 Å². The molecule has 1 unspecified atom stereocenters. The van der Waals surface area contributed by atoms with Crippen molar-refractivity contribution in [2.24, 2.45) is 0 Å². The minimum absolute atomic E-state index is 0.140. The lowest BCUT2D eigenvalue weighted by Crippen LogP contribution is -2.26. The number of carbonyl (C=O) groups is 1. The average Bonchev–Trinajstić information content (AvgIpc) is 3.40. The first-order valence-corrected chi connectivity index (χ1v) is 9.97. The third-order valence-corrected chi connectivity index (χ3v) is 5.87. The lowest BCUT2D eigenvalue weighted by Gasteiger charge is -2.17. The summed E-state index contributed by atoms with van der Waals surface area (Å²) in [6.07, 6.45) is 5.61. The topological polar surface area (TPSA) is 65.4 Å². The molecule has 1 atom stereocenters. The highest BCUT2D eigenvalue weighted by Gasteiger charge is 2.22. The van der Waals surface area contributed by atoms with Gasteiger partial charge in [0.05, 0.1) is 25.9 Å². The molecule has 29 heavy (non-hydrogen) atoms. The van der Waals surface area contributed by atoms with Crippen LogP contribution in [0, 0.1) is 0 Å². The van der Waals surface area contributed by atoms with Crippen LogP contribution in [-0.4, -0.2) is 29.7 Å². The first-order chi connectivity index (χ1) is 14.1. The second-order valence-corrected chi connectivity index (χ2v) is 7.53. The third kappa shape index (κ3) is 3.56. The smallest absolute Gasteiger partial charge is 0.264 e. The number of hydrogen-bond acceptors (Lipinski definition) is 5. The minimum Gasteiger partial charge on any atom is -0.493 e. The van der Waals surface area contributed by atoms with E-state index in [2.05, 4.69) is 10.3 Å². The summed E-state index contributed by atoms with van der Waals surface area (Å²) in [6, 6.07) is 13.2. The van der Waals surface area contributed by atoms with E-state index in [1.54, 1.807) is 20.4 Å². The number of hydrogen-bond donors (Lipinski definition) is 1. The second kappa shape index (κ2) is 7.97. The maximum atomic E-state index is 13.2. The van der Waals surface area contributed by atoms with E-state index in [0.29, 0.717) is 16.4 Å². The molecule has 1 amide bonds. The molecule has 0 saturated heterocycles. The first kappa shape index (κ1) is 19.0. The molecule has 0 radical (unpaired) electrons. The Hall–Kier alpha value is -3.32. The Balaban J connectivity index is 1.67. The molecular weight excluding hydrogens is 386 g/mol. The van der Waals surface area contributed by atoms with Crippen LogP contribution in [0.3, 0.4) is 0 Å². The molecule has 1 N–H and O–H groups in total. The number of carbonyl (C=O) groups excluding carboxylic acids is 1. The summed E-state index contributed by atoms with van der Waals surface area (Å²) < 4.78 is 12.6. The third-order valence-electron chi connectivity index (χ3n) is 4.76. The summed E-state index contributed by atoms with van der Waals surface area (Å²) in [5.74, 6) is 1.14. The normalized spacial score (nSPS) is 12.0. The number of methoxy groups -OCH3 is 2.